The van der Waals surface area contributed by atoms with Crippen LogP contribution in [0.1, 0.15) is 20.8 Å². The maximum absolute atomic E-state index is 10.4. The SMILES string of the molecule is C[C@H](O)CN1CCN(C[C@@H](O)CN2C[C@@H](C)O[C@@H](C)C2)CC1. The fraction of sp³-hybridized carbons (Fsp3) is 1.00. The number of nitrogens with zero attached hydrogens (tertiary/aromatic N) is 3. The molecule has 4 atom stereocenters. The molecule has 0 unspecified atom stereocenters. The monoisotopic (exact) mass is 315 g/mol. The van der Waals surface area contributed by atoms with Crippen molar-refractivity contribution in [3.63, 3.8) is 0 Å². The van der Waals surface area contributed by atoms with Gasteiger partial charge in [0.15, 0.2) is 0 Å². The summed E-state index contributed by atoms with van der Waals surface area (Å²) in [4.78, 5) is 6.93. The average molecular weight is 315 g/mol. The summed E-state index contributed by atoms with van der Waals surface area (Å²) >= 11 is 0. The summed E-state index contributed by atoms with van der Waals surface area (Å²) in [6.07, 6.45) is -0.0665. The molecule has 6 heteroatoms. The van der Waals surface area contributed by atoms with Crippen molar-refractivity contribution >= 4 is 0 Å². The van der Waals surface area contributed by atoms with Crippen molar-refractivity contribution in [2.75, 3.05) is 58.9 Å². The Morgan fingerprint density at radius 2 is 1.32 bits per heavy atom. The Morgan fingerprint density at radius 3 is 1.82 bits per heavy atom. The van der Waals surface area contributed by atoms with Gasteiger partial charge in [0.1, 0.15) is 0 Å². The van der Waals surface area contributed by atoms with Gasteiger partial charge in [-0.1, -0.05) is 0 Å². The van der Waals surface area contributed by atoms with Gasteiger partial charge in [0.05, 0.1) is 24.4 Å². The van der Waals surface area contributed by atoms with Crippen LogP contribution in [0.25, 0.3) is 0 Å². The molecular formula is C16H33N3O3. The number of hydrogen-bond acceptors (Lipinski definition) is 6. The number of ether oxygens (including phenoxy) is 1. The molecule has 130 valence electrons. The van der Waals surface area contributed by atoms with Gasteiger partial charge in [-0.3, -0.25) is 14.7 Å². The normalized spacial score (nSPS) is 32.0. The molecule has 0 saturated carbocycles. The number of aliphatic hydroxyl groups is 2. The highest BCUT2D eigenvalue weighted by Crippen LogP contribution is 2.11. The zero-order chi connectivity index (χ0) is 16.1. The highest BCUT2D eigenvalue weighted by molar-refractivity contribution is 4.79. The molecule has 0 aromatic heterocycles. The van der Waals surface area contributed by atoms with Crippen LogP contribution >= 0.6 is 0 Å². The summed E-state index contributed by atoms with van der Waals surface area (Å²) in [5, 5.41) is 19.8. The molecule has 2 fully saturated rings. The minimum Gasteiger partial charge on any atom is -0.392 e. The first-order chi connectivity index (χ1) is 10.4. The number of β-amino-alcohol motifs (C(OH)–C–C–N with tert-alkyl or cyclic N) is 2. The van der Waals surface area contributed by atoms with E-state index in [1.165, 1.54) is 0 Å². The van der Waals surface area contributed by atoms with Crippen LogP contribution in [0, 0.1) is 0 Å². The number of piperazine rings is 1. The van der Waals surface area contributed by atoms with Crippen molar-refractivity contribution < 1.29 is 14.9 Å². The first-order valence-electron chi connectivity index (χ1n) is 8.61. The molecule has 0 aliphatic carbocycles. The summed E-state index contributed by atoms with van der Waals surface area (Å²) in [6.45, 7) is 13.9. The molecule has 2 rings (SSSR count). The molecule has 0 amide bonds. The maximum atomic E-state index is 10.4. The van der Waals surface area contributed by atoms with Crippen LogP contribution in [0.15, 0.2) is 0 Å². The molecular weight excluding hydrogens is 282 g/mol. The van der Waals surface area contributed by atoms with Crippen molar-refractivity contribution in [1.29, 1.82) is 0 Å². The van der Waals surface area contributed by atoms with E-state index in [2.05, 4.69) is 28.5 Å². The highest BCUT2D eigenvalue weighted by atomic mass is 16.5. The predicted octanol–water partition coefficient (Wildman–Crippen LogP) is -0.545. The van der Waals surface area contributed by atoms with Gasteiger partial charge in [0, 0.05) is 58.9 Å². The summed E-state index contributed by atoms with van der Waals surface area (Å²) in [6, 6.07) is 0. The number of aliphatic hydroxyl groups excluding tert-OH is 2. The summed E-state index contributed by atoms with van der Waals surface area (Å²) < 4.78 is 5.73. The standard InChI is InChI=1S/C16H33N3O3/c1-13(20)8-17-4-6-18(7-5-17)11-16(21)12-19-9-14(2)22-15(3)10-19/h13-16,20-21H,4-12H2,1-3H3/t13-,14-,15+,16+/m0/s1. The van der Waals surface area contributed by atoms with E-state index in [9.17, 15) is 10.2 Å². The van der Waals surface area contributed by atoms with E-state index in [1.807, 2.05) is 6.92 Å². The Morgan fingerprint density at radius 1 is 0.864 bits per heavy atom. The molecule has 2 heterocycles. The van der Waals surface area contributed by atoms with Crippen LogP contribution in [-0.2, 0) is 4.74 Å². The highest BCUT2D eigenvalue weighted by Gasteiger charge is 2.25. The van der Waals surface area contributed by atoms with Gasteiger partial charge in [0.2, 0.25) is 0 Å². The molecule has 6 nitrogen and oxygen atoms in total. The van der Waals surface area contributed by atoms with E-state index < -0.39 is 0 Å². The molecule has 0 aromatic rings. The zero-order valence-electron chi connectivity index (χ0n) is 14.3. The molecule has 0 radical (unpaired) electrons. The lowest BCUT2D eigenvalue weighted by Gasteiger charge is -2.38. The Labute approximate surface area is 134 Å². The summed E-state index contributed by atoms with van der Waals surface area (Å²) in [5.41, 5.74) is 0. The molecule has 22 heavy (non-hydrogen) atoms. The molecule has 2 N–H and O–H groups in total. The lowest BCUT2D eigenvalue weighted by atomic mass is 10.2. The second-order valence-electron chi connectivity index (χ2n) is 7.08. The van der Waals surface area contributed by atoms with E-state index in [4.69, 9.17) is 4.74 Å². The maximum Gasteiger partial charge on any atom is 0.0793 e. The van der Waals surface area contributed by atoms with Gasteiger partial charge in [-0.05, 0) is 20.8 Å². The molecule has 0 bridgehead atoms. The Bertz CT molecular complexity index is 312. The van der Waals surface area contributed by atoms with E-state index >= 15 is 0 Å². The van der Waals surface area contributed by atoms with E-state index in [0.29, 0.717) is 0 Å². The van der Waals surface area contributed by atoms with Gasteiger partial charge in [0.25, 0.3) is 0 Å². The minimum atomic E-state index is -0.305. The van der Waals surface area contributed by atoms with Gasteiger partial charge < -0.3 is 14.9 Å². The van der Waals surface area contributed by atoms with Crippen molar-refractivity contribution in [2.24, 2.45) is 0 Å². The third-order valence-electron chi connectivity index (χ3n) is 4.42. The Hall–Kier alpha value is -0.240. The molecule has 2 aliphatic rings. The van der Waals surface area contributed by atoms with E-state index in [-0.39, 0.29) is 24.4 Å². The van der Waals surface area contributed by atoms with Crippen LogP contribution in [0.5, 0.6) is 0 Å². The minimum absolute atomic E-state index is 0.250. The smallest absolute Gasteiger partial charge is 0.0793 e. The molecule has 2 saturated heterocycles. The topological polar surface area (TPSA) is 59.4 Å². The van der Waals surface area contributed by atoms with Gasteiger partial charge >= 0.3 is 0 Å². The van der Waals surface area contributed by atoms with E-state index in [0.717, 1.165) is 58.9 Å². The van der Waals surface area contributed by atoms with Crippen LogP contribution in [0.4, 0.5) is 0 Å². The van der Waals surface area contributed by atoms with Gasteiger partial charge in [-0.25, -0.2) is 0 Å². The van der Waals surface area contributed by atoms with Crippen molar-refractivity contribution in [3.05, 3.63) is 0 Å². The van der Waals surface area contributed by atoms with Crippen LogP contribution < -0.4 is 0 Å². The van der Waals surface area contributed by atoms with Crippen LogP contribution in [0.2, 0.25) is 0 Å². The third-order valence-corrected chi connectivity index (χ3v) is 4.42. The van der Waals surface area contributed by atoms with E-state index in [1.54, 1.807) is 0 Å². The van der Waals surface area contributed by atoms with Crippen molar-refractivity contribution in [2.45, 2.75) is 45.2 Å². The Kier molecular flexibility index (Phi) is 7.05. The zero-order valence-corrected chi connectivity index (χ0v) is 14.3. The van der Waals surface area contributed by atoms with Crippen molar-refractivity contribution in [1.82, 2.24) is 14.7 Å². The van der Waals surface area contributed by atoms with Gasteiger partial charge in [-0.15, -0.1) is 0 Å². The molecule has 0 aromatic carbocycles. The quantitative estimate of drug-likeness (QED) is 0.686. The molecule has 2 aliphatic heterocycles. The second-order valence-corrected chi connectivity index (χ2v) is 7.08. The fourth-order valence-corrected chi connectivity index (χ4v) is 3.62. The lowest BCUT2D eigenvalue weighted by Crippen LogP contribution is -2.53. The molecule has 0 spiro atoms. The third kappa shape index (κ3) is 6.10. The second kappa shape index (κ2) is 8.57. The van der Waals surface area contributed by atoms with Crippen LogP contribution in [-0.4, -0.2) is 108 Å². The number of morpholine rings is 1. The summed E-state index contributed by atoms with van der Waals surface area (Å²) in [7, 11) is 0. The first-order valence-corrected chi connectivity index (χ1v) is 8.61. The van der Waals surface area contributed by atoms with Crippen LogP contribution in [0.3, 0.4) is 0 Å². The number of rotatable bonds is 6. The summed E-state index contributed by atoms with van der Waals surface area (Å²) in [5.74, 6) is 0. The number of hydrogen-bond donors (Lipinski definition) is 2. The van der Waals surface area contributed by atoms with Crippen molar-refractivity contribution in [3.8, 4) is 0 Å². The Balaban J connectivity index is 1.66. The average Bonchev–Trinajstić information content (AvgIpc) is 2.39. The largest absolute Gasteiger partial charge is 0.392 e. The predicted molar refractivity (Wildman–Crippen MR) is 87.0 cm³/mol. The fourth-order valence-electron chi connectivity index (χ4n) is 3.62. The lowest BCUT2D eigenvalue weighted by molar-refractivity contribution is -0.0786. The first kappa shape index (κ1) is 18.1. The van der Waals surface area contributed by atoms with Gasteiger partial charge in [-0.2, -0.15) is 0 Å².